The highest BCUT2D eigenvalue weighted by Crippen LogP contribution is 2.33. The highest BCUT2D eigenvalue weighted by molar-refractivity contribution is 5.91. The molecule has 4 N–H and O–H groups in total. The van der Waals surface area contributed by atoms with Crippen molar-refractivity contribution in [2.24, 2.45) is 4.99 Å². The van der Waals surface area contributed by atoms with E-state index in [1.807, 2.05) is 25.1 Å². The third-order valence-electron chi connectivity index (χ3n) is 6.02. The fraction of sp³-hybridized carbons (Fsp3) is 0.250. The predicted molar refractivity (Wildman–Crippen MR) is 133 cm³/mol. The van der Waals surface area contributed by atoms with Crippen LogP contribution in [0.1, 0.15) is 16.7 Å². The van der Waals surface area contributed by atoms with Crippen LogP contribution in [0.5, 0.6) is 5.88 Å². The number of benzene rings is 2. The number of fused-ring (bicyclic) bond motifs is 1. The molecule has 0 atom stereocenters. The Bertz CT molecular complexity index is 1640. The van der Waals surface area contributed by atoms with Crippen molar-refractivity contribution >= 4 is 28.6 Å². The van der Waals surface area contributed by atoms with Crippen molar-refractivity contribution in [3.05, 3.63) is 78.3 Å². The first-order valence-electron chi connectivity index (χ1n) is 11.1. The quantitative estimate of drug-likeness (QED) is 0.329. The van der Waals surface area contributed by atoms with Crippen LogP contribution in [0, 0.1) is 13.8 Å². The molecule has 5 rings (SSSR count). The second-order valence-electron chi connectivity index (χ2n) is 8.45. The first-order chi connectivity index (χ1) is 16.8. The third-order valence-corrected chi connectivity index (χ3v) is 6.02. The number of hydrogen-bond donors (Lipinski definition) is 4. The number of anilines is 1. The predicted octanol–water partition coefficient (Wildman–Crippen LogP) is 1.61. The zero-order chi connectivity index (χ0) is 24.7. The summed E-state index contributed by atoms with van der Waals surface area (Å²) in [4.78, 5) is 51.3. The molecule has 11 nitrogen and oxygen atoms in total. The molecular formula is C24H24N6O5. The number of aromatic nitrogens is 4. The fourth-order valence-corrected chi connectivity index (χ4v) is 4.19. The summed E-state index contributed by atoms with van der Waals surface area (Å²) in [5.41, 5.74) is 2.48. The van der Waals surface area contributed by atoms with Crippen LogP contribution in [0.15, 0.2) is 49.7 Å². The highest BCUT2D eigenvalue weighted by atomic mass is 16.5. The number of morpholine rings is 1. The number of rotatable bonds is 4. The van der Waals surface area contributed by atoms with Crippen LogP contribution in [0.25, 0.3) is 16.7 Å². The Labute approximate surface area is 198 Å². The van der Waals surface area contributed by atoms with Crippen LogP contribution in [0.2, 0.25) is 0 Å². The van der Waals surface area contributed by atoms with Crippen molar-refractivity contribution < 1.29 is 9.84 Å². The van der Waals surface area contributed by atoms with Gasteiger partial charge in [-0.15, -0.1) is 0 Å². The van der Waals surface area contributed by atoms with Gasteiger partial charge in [0.1, 0.15) is 5.56 Å². The lowest BCUT2D eigenvalue weighted by Crippen LogP contribution is -2.36. The van der Waals surface area contributed by atoms with E-state index in [-0.39, 0.29) is 11.3 Å². The number of H-pyrrole nitrogens is 3. The number of aromatic hydroxyl groups is 1. The second kappa shape index (κ2) is 8.76. The maximum Gasteiger partial charge on any atom is 0.335 e. The maximum atomic E-state index is 12.6. The monoisotopic (exact) mass is 476 g/mol. The lowest BCUT2D eigenvalue weighted by atomic mass is 10.1. The molecule has 0 amide bonds. The van der Waals surface area contributed by atoms with Gasteiger partial charge in [-0.05, 0) is 43.2 Å². The zero-order valence-corrected chi connectivity index (χ0v) is 19.2. The number of nitrogens with one attached hydrogen (secondary N) is 3. The van der Waals surface area contributed by atoms with E-state index in [4.69, 9.17) is 4.74 Å². The van der Waals surface area contributed by atoms with Crippen molar-refractivity contribution in [2.75, 3.05) is 31.2 Å². The summed E-state index contributed by atoms with van der Waals surface area (Å²) in [6.45, 7) is 6.03. The summed E-state index contributed by atoms with van der Waals surface area (Å²) >= 11 is 0. The van der Waals surface area contributed by atoms with Gasteiger partial charge in [-0.3, -0.25) is 14.8 Å². The Morgan fingerprint density at radius 2 is 1.69 bits per heavy atom. The molecular weight excluding hydrogens is 452 g/mol. The number of hydrogen-bond acceptors (Lipinski definition) is 7. The Balaban J connectivity index is 1.65. The summed E-state index contributed by atoms with van der Waals surface area (Å²) in [6.07, 6.45) is 1.23. The minimum atomic E-state index is -0.762. The first kappa shape index (κ1) is 22.4. The maximum absolute atomic E-state index is 12.6. The van der Waals surface area contributed by atoms with Crippen LogP contribution in [0.4, 0.5) is 11.4 Å². The van der Waals surface area contributed by atoms with Gasteiger partial charge in [0.2, 0.25) is 5.88 Å². The van der Waals surface area contributed by atoms with Crippen LogP contribution >= 0.6 is 0 Å². The average molecular weight is 476 g/mol. The molecule has 1 aliphatic rings. The number of aryl methyl sites for hydroxylation is 2. The fourth-order valence-electron chi connectivity index (χ4n) is 4.19. The number of ether oxygens (including phenoxy) is 1. The van der Waals surface area contributed by atoms with Crippen molar-refractivity contribution in [3.8, 4) is 11.6 Å². The summed E-state index contributed by atoms with van der Waals surface area (Å²) in [5, 5.41) is 11.0. The number of nitrogens with zero attached hydrogens (tertiary/aromatic N) is 3. The number of imidazole rings is 1. The molecule has 3 heterocycles. The first-order valence-corrected chi connectivity index (χ1v) is 11.1. The van der Waals surface area contributed by atoms with Crippen LogP contribution in [-0.4, -0.2) is 57.1 Å². The topological polar surface area (TPSA) is 149 Å². The molecule has 0 aliphatic carbocycles. The van der Waals surface area contributed by atoms with Crippen molar-refractivity contribution in [3.63, 3.8) is 0 Å². The molecule has 0 spiro atoms. The Kier molecular flexibility index (Phi) is 5.61. The summed E-state index contributed by atoms with van der Waals surface area (Å²) in [6, 6.07) is 8.98. The molecule has 2 aromatic carbocycles. The van der Waals surface area contributed by atoms with Gasteiger partial charge in [0, 0.05) is 19.3 Å². The standard InChI is InChI=1S/C24H24N6O5/c1-13-3-4-14(2)19(9-13)30-22(32)15(21(31)28-24(30)34)12-25-18-10-16-17(27-23(33)26-16)11-20(18)29-5-7-35-8-6-29/h3-4,9-12,32H,5-8H2,1-2H3,(H2,26,27,33)(H,28,31,34). The Morgan fingerprint density at radius 3 is 2.43 bits per heavy atom. The van der Waals surface area contributed by atoms with E-state index in [1.165, 1.54) is 6.21 Å². The Morgan fingerprint density at radius 1 is 0.971 bits per heavy atom. The van der Waals surface area contributed by atoms with Crippen LogP contribution in [-0.2, 0) is 4.74 Å². The van der Waals surface area contributed by atoms with Crippen molar-refractivity contribution in [1.82, 2.24) is 19.5 Å². The zero-order valence-electron chi connectivity index (χ0n) is 19.2. The smallest absolute Gasteiger partial charge is 0.335 e. The van der Waals surface area contributed by atoms with Gasteiger partial charge < -0.3 is 24.7 Å². The molecule has 0 radical (unpaired) electrons. The number of aromatic amines is 3. The number of aliphatic imine (C=N–C) groups is 1. The molecule has 1 fully saturated rings. The second-order valence-corrected chi connectivity index (χ2v) is 8.45. The van der Waals surface area contributed by atoms with E-state index in [0.29, 0.717) is 48.7 Å². The molecule has 35 heavy (non-hydrogen) atoms. The van der Waals surface area contributed by atoms with Gasteiger partial charge in [0.15, 0.2) is 0 Å². The van der Waals surface area contributed by atoms with Crippen LogP contribution in [0.3, 0.4) is 0 Å². The van der Waals surface area contributed by atoms with E-state index in [0.717, 1.165) is 21.4 Å². The Hall–Kier alpha value is -4.38. The lowest BCUT2D eigenvalue weighted by molar-refractivity contribution is 0.123. The molecule has 0 saturated carbocycles. The highest BCUT2D eigenvalue weighted by Gasteiger charge is 2.19. The largest absolute Gasteiger partial charge is 0.493 e. The minimum absolute atomic E-state index is 0.166. The van der Waals surface area contributed by atoms with Gasteiger partial charge in [-0.2, -0.15) is 0 Å². The van der Waals surface area contributed by atoms with Gasteiger partial charge in [-0.1, -0.05) is 12.1 Å². The SMILES string of the molecule is Cc1ccc(C)c(-n2c(O)c(C=Nc3cc4[nH]c(=O)[nH]c4cc3N3CCOCC3)c(=O)[nH]c2=O)c1. The molecule has 4 aromatic rings. The third kappa shape index (κ3) is 4.17. The molecule has 0 unspecified atom stereocenters. The van der Waals surface area contributed by atoms with Gasteiger partial charge in [0.05, 0.1) is 41.3 Å². The molecule has 0 bridgehead atoms. The molecule has 11 heteroatoms. The van der Waals surface area contributed by atoms with E-state index in [1.54, 1.807) is 19.1 Å². The summed E-state index contributed by atoms with van der Waals surface area (Å²) in [5.74, 6) is -0.514. The van der Waals surface area contributed by atoms with Crippen molar-refractivity contribution in [1.29, 1.82) is 0 Å². The summed E-state index contributed by atoms with van der Waals surface area (Å²) < 4.78 is 6.50. The molecule has 2 aromatic heterocycles. The van der Waals surface area contributed by atoms with Crippen molar-refractivity contribution in [2.45, 2.75) is 13.8 Å². The molecule has 1 aliphatic heterocycles. The van der Waals surface area contributed by atoms with Gasteiger partial charge in [0.25, 0.3) is 5.56 Å². The molecule has 1 saturated heterocycles. The van der Waals surface area contributed by atoms with Crippen LogP contribution < -0.4 is 21.8 Å². The van der Waals surface area contributed by atoms with E-state index in [9.17, 15) is 19.5 Å². The average Bonchev–Trinajstić information content (AvgIpc) is 3.19. The van der Waals surface area contributed by atoms with E-state index in [2.05, 4.69) is 24.8 Å². The molecule has 180 valence electrons. The van der Waals surface area contributed by atoms with Gasteiger partial charge >= 0.3 is 11.4 Å². The van der Waals surface area contributed by atoms with E-state index >= 15 is 0 Å². The normalized spacial score (nSPS) is 14.3. The lowest BCUT2D eigenvalue weighted by Gasteiger charge is -2.29. The summed E-state index contributed by atoms with van der Waals surface area (Å²) in [7, 11) is 0. The minimum Gasteiger partial charge on any atom is -0.493 e. The van der Waals surface area contributed by atoms with Gasteiger partial charge in [-0.25, -0.2) is 14.2 Å². The van der Waals surface area contributed by atoms with E-state index < -0.39 is 17.1 Å².